The molecule has 3 rings (SSSR count). The second-order valence-corrected chi connectivity index (χ2v) is 5.73. The van der Waals surface area contributed by atoms with Crippen LogP contribution < -0.4 is 5.32 Å². The molecule has 0 atom stereocenters. The summed E-state index contributed by atoms with van der Waals surface area (Å²) in [6.45, 7) is 1.72. The first-order chi connectivity index (χ1) is 9.83. The van der Waals surface area contributed by atoms with Crippen LogP contribution in [0.15, 0.2) is 53.9 Å². The molecule has 1 nitrogen and oxygen atoms in total. The fourth-order valence-electron chi connectivity index (χ4n) is 2.32. The third-order valence-electron chi connectivity index (χ3n) is 3.36. The van der Waals surface area contributed by atoms with E-state index in [1.807, 2.05) is 6.07 Å². The molecule has 0 aliphatic rings. The van der Waals surface area contributed by atoms with Crippen LogP contribution in [-0.2, 0) is 13.0 Å². The Morgan fingerprint density at radius 2 is 1.95 bits per heavy atom. The molecular weight excluding hydrogens is 269 g/mol. The lowest BCUT2D eigenvalue weighted by Crippen LogP contribution is -2.16. The third-order valence-corrected chi connectivity index (χ3v) is 4.37. The summed E-state index contributed by atoms with van der Waals surface area (Å²) in [6, 6.07) is 15.3. The molecule has 0 aliphatic carbocycles. The van der Waals surface area contributed by atoms with Crippen molar-refractivity contribution in [2.75, 3.05) is 6.54 Å². The van der Waals surface area contributed by atoms with Gasteiger partial charge in [-0.2, -0.15) is 0 Å². The van der Waals surface area contributed by atoms with Crippen LogP contribution >= 0.6 is 11.3 Å². The number of thiophene rings is 1. The van der Waals surface area contributed by atoms with Gasteiger partial charge in [-0.05, 0) is 53.1 Å². The zero-order chi connectivity index (χ0) is 13.8. The van der Waals surface area contributed by atoms with Crippen molar-refractivity contribution < 1.29 is 4.39 Å². The minimum Gasteiger partial charge on any atom is -0.312 e. The number of halogens is 1. The summed E-state index contributed by atoms with van der Waals surface area (Å²) in [7, 11) is 0. The number of nitrogens with one attached hydrogen (secondary N) is 1. The molecule has 0 radical (unpaired) electrons. The third kappa shape index (κ3) is 3.06. The Morgan fingerprint density at radius 1 is 1.05 bits per heavy atom. The average molecular weight is 285 g/mol. The maximum Gasteiger partial charge on any atom is 0.123 e. The molecule has 0 saturated heterocycles. The molecule has 3 aromatic rings. The SMILES string of the molecule is Fc1cccc(CCNCc2csc3ccccc23)c1. The first-order valence-electron chi connectivity index (χ1n) is 6.73. The van der Waals surface area contributed by atoms with Crippen LogP contribution in [0.1, 0.15) is 11.1 Å². The molecule has 0 unspecified atom stereocenters. The molecule has 20 heavy (non-hydrogen) atoms. The van der Waals surface area contributed by atoms with Crippen LogP contribution in [0.4, 0.5) is 4.39 Å². The lowest BCUT2D eigenvalue weighted by molar-refractivity contribution is 0.623. The van der Waals surface area contributed by atoms with Gasteiger partial charge in [0.2, 0.25) is 0 Å². The molecule has 1 heterocycles. The lowest BCUT2D eigenvalue weighted by Gasteiger charge is -2.04. The highest BCUT2D eigenvalue weighted by molar-refractivity contribution is 7.17. The Balaban J connectivity index is 1.55. The molecule has 102 valence electrons. The van der Waals surface area contributed by atoms with Gasteiger partial charge in [0.15, 0.2) is 0 Å². The number of hydrogen-bond acceptors (Lipinski definition) is 2. The minimum absolute atomic E-state index is 0.161. The summed E-state index contributed by atoms with van der Waals surface area (Å²) in [5.74, 6) is -0.161. The summed E-state index contributed by atoms with van der Waals surface area (Å²) in [4.78, 5) is 0. The van der Waals surface area contributed by atoms with Crippen LogP contribution in [0.3, 0.4) is 0 Å². The molecule has 0 spiro atoms. The van der Waals surface area contributed by atoms with Crippen molar-refractivity contribution in [2.45, 2.75) is 13.0 Å². The van der Waals surface area contributed by atoms with Gasteiger partial charge < -0.3 is 5.32 Å². The standard InChI is InChI=1S/C17H16FNS/c18-15-5-3-4-13(10-15)8-9-19-11-14-12-20-17-7-2-1-6-16(14)17/h1-7,10,12,19H,8-9,11H2. The zero-order valence-electron chi connectivity index (χ0n) is 11.1. The molecule has 0 amide bonds. The number of rotatable bonds is 5. The fraction of sp³-hybridized carbons (Fsp3) is 0.176. The van der Waals surface area contributed by atoms with E-state index in [1.165, 1.54) is 21.7 Å². The van der Waals surface area contributed by atoms with E-state index in [2.05, 4.69) is 35.0 Å². The Hall–Kier alpha value is -1.71. The Labute approximate surface area is 122 Å². The summed E-state index contributed by atoms with van der Waals surface area (Å²) < 4.78 is 14.4. The van der Waals surface area contributed by atoms with Gasteiger partial charge in [0.1, 0.15) is 5.82 Å². The first kappa shape index (κ1) is 13.3. The summed E-state index contributed by atoms with van der Waals surface area (Å²) in [5.41, 5.74) is 2.37. The predicted octanol–water partition coefficient (Wildman–Crippen LogP) is 4.37. The highest BCUT2D eigenvalue weighted by atomic mass is 32.1. The van der Waals surface area contributed by atoms with Gasteiger partial charge in [0, 0.05) is 11.2 Å². The fourth-order valence-corrected chi connectivity index (χ4v) is 3.28. The van der Waals surface area contributed by atoms with Crippen molar-refractivity contribution in [1.29, 1.82) is 0 Å². The van der Waals surface area contributed by atoms with Crippen LogP contribution in [-0.4, -0.2) is 6.54 Å². The van der Waals surface area contributed by atoms with Crippen LogP contribution in [0, 0.1) is 5.82 Å². The molecule has 1 aromatic heterocycles. The van der Waals surface area contributed by atoms with Crippen molar-refractivity contribution in [3.05, 3.63) is 70.9 Å². The molecule has 2 aromatic carbocycles. The molecule has 0 saturated carbocycles. The van der Waals surface area contributed by atoms with Gasteiger partial charge in [-0.15, -0.1) is 11.3 Å². The second-order valence-electron chi connectivity index (χ2n) is 4.81. The Kier molecular flexibility index (Phi) is 4.09. The monoisotopic (exact) mass is 285 g/mol. The van der Waals surface area contributed by atoms with Crippen molar-refractivity contribution in [2.24, 2.45) is 0 Å². The molecule has 3 heteroatoms. The van der Waals surface area contributed by atoms with Gasteiger partial charge >= 0.3 is 0 Å². The second kappa shape index (κ2) is 6.16. The van der Waals surface area contributed by atoms with E-state index in [0.29, 0.717) is 0 Å². The van der Waals surface area contributed by atoms with E-state index < -0.39 is 0 Å². The highest BCUT2D eigenvalue weighted by Gasteiger charge is 2.02. The van der Waals surface area contributed by atoms with Gasteiger partial charge in [-0.3, -0.25) is 0 Å². The van der Waals surface area contributed by atoms with Gasteiger partial charge in [-0.25, -0.2) is 4.39 Å². The number of benzene rings is 2. The van der Waals surface area contributed by atoms with Crippen molar-refractivity contribution in [3.63, 3.8) is 0 Å². The van der Waals surface area contributed by atoms with Crippen molar-refractivity contribution in [3.8, 4) is 0 Å². The first-order valence-corrected chi connectivity index (χ1v) is 7.61. The predicted molar refractivity (Wildman–Crippen MR) is 83.6 cm³/mol. The van der Waals surface area contributed by atoms with Crippen LogP contribution in [0.2, 0.25) is 0 Å². The average Bonchev–Trinajstić information content (AvgIpc) is 2.87. The normalized spacial score (nSPS) is 11.1. The minimum atomic E-state index is -0.161. The zero-order valence-corrected chi connectivity index (χ0v) is 11.9. The largest absolute Gasteiger partial charge is 0.312 e. The Bertz CT molecular complexity index is 705. The number of hydrogen-bond donors (Lipinski definition) is 1. The van der Waals surface area contributed by atoms with E-state index in [1.54, 1.807) is 23.5 Å². The topological polar surface area (TPSA) is 12.0 Å². The van der Waals surface area contributed by atoms with Crippen LogP contribution in [0.5, 0.6) is 0 Å². The van der Waals surface area contributed by atoms with Gasteiger partial charge in [0.05, 0.1) is 0 Å². The van der Waals surface area contributed by atoms with E-state index in [4.69, 9.17) is 0 Å². The molecule has 0 bridgehead atoms. The summed E-state index contributed by atoms with van der Waals surface area (Å²) in [5, 5.41) is 6.97. The number of fused-ring (bicyclic) bond motifs is 1. The summed E-state index contributed by atoms with van der Waals surface area (Å²) >= 11 is 1.78. The van der Waals surface area contributed by atoms with Gasteiger partial charge in [0.25, 0.3) is 0 Å². The smallest absolute Gasteiger partial charge is 0.123 e. The summed E-state index contributed by atoms with van der Waals surface area (Å²) in [6.07, 6.45) is 0.847. The van der Waals surface area contributed by atoms with E-state index in [-0.39, 0.29) is 5.82 Å². The van der Waals surface area contributed by atoms with E-state index in [0.717, 1.165) is 25.1 Å². The van der Waals surface area contributed by atoms with Gasteiger partial charge in [-0.1, -0.05) is 30.3 Å². The maximum absolute atomic E-state index is 13.1. The van der Waals surface area contributed by atoms with Crippen molar-refractivity contribution in [1.82, 2.24) is 5.32 Å². The van der Waals surface area contributed by atoms with E-state index in [9.17, 15) is 4.39 Å². The lowest BCUT2D eigenvalue weighted by atomic mass is 10.1. The molecule has 0 aliphatic heterocycles. The highest BCUT2D eigenvalue weighted by Crippen LogP contribution is 2.25. The quantitative estimate of drug-likeness (QED) is 0.686. The molecule has 0 fully saturated rings. The molecular formula is C17H16FNS. The van der Waals surface area contributed by atoms with Crippen molar-refractivity contribution >= 4 is 21.4 Å². The Morgan fingerprint density at radius 3 is 2.85 bits per heavy atom. The van der Waals surface area contributed by atoms with E-state index >= 15 is 0 Å². The maximum atomic E-state index is 13.1. The van der Waals surface area contributed by atoms with Crippen LogP contribution in [0.25, 0.3) is 10.1 Å². The molecule has 1 N–H and O–H groups in total.